The van der Waals surface area contributed by atoms with E-state index in [1.807, 2.05) is 0 Å². The molecule has 0 spiro atoms. The predicted octanol–water partition coefficient (Wildman–Crippen LogP) is 1.81. The third kappa shape index (κ3) is 9.24. The summed E-state index contributed by atoms with van der Waals surface area (Å²) in [6.07, 6.45) is 6.73. The summed E-state index contributed by atoms with van der Waals surface area (Å²) >= 11 is 0. The van der Waals surface area contributed by atoms with Gasteiger partial charge >= 0.3 is 11.9 Å². The second kappa shape index (κ2) is 13.8. The number of terminal acetylenes is 1. The van der Waals surface area contributed by atoms with Crippen LogP contribution in [-0.2, 0) is 19.1 Å². The van der Waals surface area contributed by atoms with Crippen LogP contribution >= 0.6 is 0 Å². The van der Waals surface area contributed by atoms with Gasteiger partial charge in [0.15, 0.2) is 0 Å². The molecule has 1 rings (SSSR count). The Morgan fingerprint density at radius 3 is 1.63 bits per heavy atom. The molecule has 2 N–H and O–H groups in total. The molecule has 0 saturated heterocycles. The molecule has 0 aliphatic rings. The molecule has 8 nitrogen and oxygen atoms in total. The van der Waals surface area contributed by atoms with Crippen LogP contribution in [0.15, 0.2) is 18.2 Å². The fourth-order valence-electron chi connectivity index (χ4n) is 2.51. The molecule has 0 aliphatic carbocycles. The fourth-order valence-corrected chi connectivity index (χ4v) is 2.51. The maximum atomic E-state index is 12.4. The van der Waals surface area contributed by atoms with E-state index in [0.717, 1.165) is 0 Å². The minimum Gasteiger partial charge on any atom is -0.466 e. The predicted molar refractivity (Wildman–Crippen MR) is 111 cm³/mol. The van der Waals surface area contributed by atoms with Gasteiger partial charge in [-0.3, -0.25) is 19.2 Å². The van der Waals surface area contributed by atoms with Crippen molar-refractivity contribution in [3.63, 3.8) is 0 Å². The first-order valence-electron chi connectivity index (χ1n) is 9.90. The Balaban J connectivity index is 2.61. The quantitative estimate of drug-likeness (QED) is 0.305. The first kappa shape index (κ1) is 24.7. The minimum atomic E-state index is -0.396. The third-order valence-electron chi connectivity index (χ3n) is 3.92. The van der Waals surface area contributed by atoms with Crippen LogP contribution in [0.3, 0.4) is 0 Å². The van der Waals surface area contributed by atoms with Crippen LogP contribution in [0.1, 0.15) is 65.8 Å². The van der Waals surface area contributed by atoms with Gasteiger partial charge in [-0.25, -0.2) is 0 Å². The number of benzene rings is 1. The molecule has 8 heteroatoms. The number of carbonyl (C=O) groups is 4. The average molecular weight is 416 g/mol. The number of rotatable bonds is 12. The molecule has 0 aliphatic heterocycles. The smallest absolute Gasteiger partial charge is 0.305 e. The zero-order valence-electron chi connectivity index (χ0n) is 17.4. The van der Waals surface area contributed by atoms with Crippen LogP contribution in [0, 0.1) is 12.3 Å². The monoisotopic (exact) mass is 416 g/mol. The zero-order chi connectivity index (χ0) is 22.4. The lowest BCUT2D eigenvalue weighted by molar-refractivity contribution is -0.144. The minimum absolute atomic E-state index is 0.206. The Labute approximate surface area is 176 Å². The van der Waals surface area contributed by atoms with E-state index in [9.17, 15) is 19.2 Å². The molecule has 1 aromatic rings. The van der Waals surface area contributed by atoms with Gasteiger partial charge in [0.2, 0.25) is 0 Å². The molecule has 0 unspecified atom stereocenters. The van der Waals surface area contributed by atoms with Gasteiger partial charge in [0.05, 0.1) is 13.2 Å². The highest BCUT2D eigenvalue weighted by molar-refractivity contribution is 6.00. The van der Waals surface area contributed by atoms with Crippen molar-refractivity contribution in [2.45, 2.75) is 39.5 Å². The molecule has 1 aromatic carbocycles. The maximum absolute atomic E-state index is 12.4. The van der Waals surface area contributed by atoms with Gasteiger partial charge in [-0.1, -0.05) is 5.92 Å². The summed E-state index contributed by atoms with van der Waals surface area (Å²) in [5.74, 6) is 1.00. The Kier molecular flexibility index (Phi) is 11.3. The van der Waals surface area contributed by atoms with Crippen molar-refractivity contribution in [1.82, 2.24) is 10.6 Å². The van der Waals surface area contributed by atoms with Gasteiger partial charge in [-0.2, -0.15) is 0 Å². The molecule has 0 fully saturated rings. The van der Waals surface area contributed by atoms with Gasteiger partial charge in [0.1, 0.15) is 0 Å². The van der Waals surface area contributed by atoms with Crippen LogP contribution < -0.4 is 10.6 Å². The zero-order valence-corrected chi connectivity index (χ0v) is 17.4. The van der Waals surface area contributed by atoms with E-state index in [1.165, 1.54) is 18.2 Å². The van der Waals surface area contributed by atoms with Crippen LogP contribution in [0.25, 0.3) is 0 Å². The third-order valence-corrected chi connectivity index (χ3v) is 3.92. The van der Waals surface area contributed by atoms with Gasteiger partial charge < -0.3 is 20.1 Å². The average Bonchev–Trinajstić information content (AvgIpc) is 2.74. The molecule has 0 atom stereocenters. The van der Waals surface area contributed by atoms with E-state index < -0.39 is 11.8 Å². The van der Waals surface area contributed by atoms with E-state index in [0.29, 0.717) is 31.6 Å². The number of carbonyl (C=O) groups excluding carboxylic acids is 4. The topological polar surface area (TPSA) is 111 Å². The fraction of sp³-hybridized carbons (Fsp3) is 0.455. The van der Waals surface area contributed by atoms with E-state index in [1.54, 1.807) is 13.8 Å². The normalized spacial score (nSPS) is 9.90. The van der Waals surface area contributed by atoms with Crippen molar-refractivity contribution in [2.75, 3.05) is 26.3 Å². The summed E-state index contributed by atoms with van der Waals surface area (Å²) in [6, 6.07) is 4.47. The summed E-state index contributed by atoms with van der Waals surface area (Å²) in [5.41, 5.74) is 0.891. The van der Waals surface area contributed by atoms with Crippen molar-refractivity contribution < 1.29 is 28.7 Å². The van der Waals surface area contributed by atoms with Crippen molar-refractivity contribution in [1.29, 1.82) is 0 Å². The lowest BCUT2D eigenvalue weighted by Gasteiger charge is -2.09. The molecule has 0 heterocycles. The van der Waals surface area contributed by atoms with Gasteiger partial charge in [-0.05, 0) is 44.9 Å². The molecule has 0 radical (unpaired) electrons. The molecule has 162 valence electrons. The second-order valence-electron chi connectivity index (χ2n) is 6.27. The number of amides is 2. The summed E-state index contributed by atoms with van der Waals surface area (Å²) in [5, 5.41) is 5.38. The highest BCUT2D eigenvalue weighted by Gasteiger charge is 2.13. The Morgan fingerprint density at radius 2 is 1.27 bits per heavy atom. The van der Waals surface area contributed by atoms with Crippen molar-refractivity contribution in [3.05, 3.63) is 34.9 Å². The van der Waals surface area contributed by atoms with Crippen molar-refractivity contribution in [2.24, 2.45) is 0 Å². The maximum Gasteiger partial charge on any atom is 0.305 e. The number of hydrogen-bond acceptors (Lipinski definition) is 6. The largest absolute Gasteiger partial charge is 0.466 e. The molecular formula is C22H28N2O6. The highest BCUT2D eigenvalue weighted by atomic mass is 16.5. The Morgan fingerprint density at radius 1 is 0.833 bits per heavy atom. The number of ether oxygens (including phenoxy) is 2. The number of hydrogen-bond donors (Lipinski definition) is 2. The van der Waals surface area contributed by atoms with Crippen LogP contribution in [0.2, 0.25) is 0 Å². The van der Waals surface area contributed by atoms with Gasteiger partial charge in [0.25, 0.3) is 11.8 Å². The second-order valence-corrected chi connectivity index (χ2v) is 6.27. The van der Waals surface area contributed by atoms with E-state index >= 15 is 0 Å². The number of esters is 2. The standard InChI is InChI=1S/C22H28N2O6/c1-4-16-13-17(21(27)23-11-7-9-19(25)29-5-2)15-18(14-16)22(28)24-12-8-10-20(26)30-6-3/h1,13-15H,5-12H2,2-3H3,(H,23,27)(H,24,28). The molecule has 2 amide bonds. The lowest BCUT2D eigenvalue weighted by atomic mass is 10.0. The van der Waals surface area contributed by atoms with Crippen LogP contribution in [0.5, 0.6) is 0 Å². The summed E-state index contributed by atoms with van der Waals surface area (Å²) in [6.45, 7) is 4.66. The van der Waals surface area contributed by atoms with Crippen molar-refractivity contribution >= 4 is 23.8 Å². The van der Waals surface area contributed by atoms with E-state index in [2.05, 4.69) is 16.6 Å². The van der Waals surface area contributed by atoms with Crippen molar-refractivity contribution in [3.8, 4) is 12.3 Å². The number of nitrogens with one attached hydrogen (secondary N) is 2. The molecular weight excluding hydrogens is 388 g/mol. The van der Waals surface area contributed by atoms with Crippen LogP contribution in [-0.4, -0.2) is 50.1 Å². The highest BCUT2D eigenvalue weighted by Crippen LogP contribution is 2.11. The van der Waals surface area contributed by atoms with Gasteiger partial charge in [0, 0.05) is 42.6 Å². The SMILES string of the molecule is C#Cc1cc(C(=O)NCCCC(=O)OCC)cc(C(=O)NCCCC(=O)OCC)c1. The molecule has 0 saturated carbocycles. The summed E-state index contributed by atoms with van der Waals surface area (Å²) < 4.78 is 9.65. The van der Waals surface area contributed by atoms with E-state index in [-0.39, 0.29) is 49.0 Å². The molecule has 0 aromatic heterocycles. The Hall–Kier alpha value is -3.34. The summed E-state index contributed by atoms with van der Waals surface area (Å²) in [7, 11) is 0. The Bertz CT molecular complexity index is 741. The first-order valence-corrected chi connectivity index (χ1v) is 9.90. The van der Waals surface area contributed by atoms with Gasteiger partial charge in [-0.15, -0.1) is 6.42 Å². The van der Waals surface area contributed by atoms with E-state index in [4.69, 9.17) is 15.9 Å². The van der Waals surface area contributed by atoms with Crippen LogP contribution in [0.4, 0.5) is 0 Å². The molecule has 0 bridgehead atoms. The lowest BCUT2D eigenvalue weighted by Crippen LogP contribution is -2.27. The first-order chi connectivity index (χ1) is 14.4. The molecule has 30 heavy (non-hydrogen) atoms. The summed E-state index contributed by atoms with van der Waals surface area (Å²) in [4.78, 5) is 47.4.